The largest absolute Gasteiger partial charge is 0.497 e. The van der Waals surface area contributed by atoms with Crippen LogP contribution in [0.3, 0.4) is 0 Å². The molecule has 0 unspecified atom stereocenters. The van der Waals surface area contributed by atoms with Crippen molar-refractivity contribution in [1.82, 2.24) is 10.6 Å². The minimum absolute atomic E-state index is 0.0453. The number of rotatable bonds is 7. The number of methoxy groups -OCH3 is 1. The van der Waals surface area contributed by atoms with E-state index < -0.39 is 41.1 Å². The minimum Gasteiger partial charge on any atom is -0.497 e. The predicted octanol–water partition coefficient (Wildman–Crippen LogP) is 2.91. The van der Waals surface area contributed by atoms with Crippen molar-refractivity contribution >= 4 is 57.8 Å². The molecule has 0 radical (unpaired) electrons. The number of amides is 6. The zero-order chi connectivity index (χ0) is 33.6. The second-order valence-electron chi connectivity index (χ2n) is 11.7. The number of nitrogens with one attached hydrogen (secondary N) is 2. The highest BCUT2D eigenvalue weighted by Crippen LogP contribution is 2.32. The van der Waals surface area contributed by atoms with Gasteiger partial charge in [-0.3, -0.25) is 28.8 Å². The number of hydrogen-bond donors (Lipinski definition) is 2. The lowest BCUT2D eigenvalue weighted by Gasteiger charge is -2.30. The van der Waals surface area contributed by atoms with Crippen molar-refractivity contribution in [2.24, 2.45) is 0 Å². The molecule has 2 aliphatic heterocycles. The Morgan fingerprint density at radius 2 is 1.28 bits per heavy atom. The van der Waals surface area contributed by atoms with Gasteiger partial charge in [0.15, 0.2) is 0 Å². The van der Waals surface area contributed by atoms with E-state index in [1.165, 1.54) is 57.4 Å². The van der Waals surface area contributed by atoms with Gasteiger partial charge in [0.1, 0.15) is 16.9 Å². The topological polar surface area (TPSA) is 172 Å². The summed E-state index contributed by atoms with van der Waals surface area (Å²) in [5, 5.41) is 6.41. The Morgan fingerprint density at radius 3 is 1.77 bits per heavy atom. The second-order valence-corrected chi connectivity index (χ2v) is 11.7. The first-order valence-electron chi connectivity index (χ1n) is 15.0. The zero-order valence-electron chi connectivity index (χ0n) is 25.7. The Balaban J connectivity index is 1.14. The average Bonchev–Trinajstić information content (AvgIpc) is 3.46. The first-order valence-corrected chi connectivity index (χ1v) is 15.0. The molecule has 1 saturated carbocycles. The molecule has 0 atom stereocenters. The summed E-state index contributed by atoms with van der Waals surface area (Å²) in [6.45, 7) is 2.98. The summed E-state index contributed by atoms with van der Waals surface area (Å²) in [7, 11) is 1.50. The maximum Gasteiger partial charge on any atom is 0.349 e. The SMILES string of the molecule is COc1ccc2cc(C(=O)NC3CCC(NC(=O)c4cc(N5C(=O)C=C(C)C5=O)cc(N5C(=O)C=C(C)C5=O)c4)CC3)c(=O)oc2c1. The molecule has 3 aromatic rings. The molecule has 0 bridgehead atoms. The van der Waals surface area contributed by atoms with Crippen molar-refractivity contribution < 1.29 is 37.9 Å². The summed E-state index contributed by atoms with van der Waals surface area (Å²) < 4.78 is 10.5. The van der Waals surface area contributed by atoms with Crippen molar-refractivity contribution in [1.29, 1.82) is 0 Å². The van der Waals surface area contributed by atoms with Crippen LogP contribution in [0.1, 0.15) is 60.2 Å². The molecule has 1 fully saturated rings. The van der Waals surface area contributed by atoms with E-state index in [-0.39, 0.29) is 45.7 Å². The molecule has 1 aromatic heterocycles. The Morgan fingerprint density at radius 1 is 0.745 bits per heavy atom. The summed E-state index contributed by atoms with van der Waals surface area (Å²) >= 11 is 0. The lowest BCUT2D eigenvalue weighted by Crippen LogP contribution is -2.44. The van der Waals surface area contributed by atoms with E-state index in [2.05, 4.69) is 10.6 Å². The van der Waals surface area contributed by atoms with E-state index in [0.717, 1.165) is 9.80 Å². The van der Waals surface area contributed by atoms with Crippen molar-refractivity contribution in [3.8, 4) is 5.75 Å². The van der Waals surface area contributed by atoms with Crippen molar-refractivity contribution in [3.63, 3.8) is 0 Å². The first kappa shape index (κ1) is 31.1. The van der Waals surface area contributed by atoms with Crippen LogP contribution in [0.15, 0.2) is 75.0 Å². The van der Waals surface area contributed by atoms with Crippen LogP contribution < -0.4 is 30.8 Å². The fourth-order valence-corrected chi connectivity index (χ4v) is 5.94. The highest BCUT2D eigenvalue weighted by atomic mass is 16.5. The fraction of sp³-hybridized carbons (Fsp3) is 0.265. The number of ether oxygens (including phenoxy) is 1. The quantitative estimate of drug-likeness (QED) is 0.292. The van der Waals surface area contributed by atoms with Gasteiger partial charge in [0, 0.05) is 52.4 Å². The molecule has 6 rings (SSSR count). The molecule has 0 saturated heterocycles. The van der Waals surface area contributed by atoms with Crippen LogP contribution in [0, 0.1) is 0 Å². The lowest BCUT2D eigenvalue weighted by atomic mass is 9.90. The van der Waals surface area contributed by atoms with E-state index in [4.69, 9.17) is 9.15 Å². The Hall–Kier alpha value is -5.85. The lowest BCUT2D eigenvalue weighted by molar-refractivity contribution is -0.121. The van der Waals surface area contributed by atoms with Crippen molar-refractivity contribution in [2.45, 2.75) is 51.6 Å². The standard InChI is InChI=1S/C34H30N4O9/c1-17-10-28(39)37(32(17)43)23-12-20(13-24(15-23)38-29(40)11-18(2)33(38)44)30(41)35-21-5-7-22(8-6-21)36-31(42)26-14-19-4-9-25(46-3)16-27(19)47-34(26)45/h4,9-16,21-22H,5-8H2,1-3H3,(H,35,41)(H,36,42). The first-order chi connectivity index (χ1) is 22.4. The van der Waals surface area contributed by atoms with Crippen LogP contribution in [0.2, 0.25) is 0 Å². The average molecular weight is 639 g/mol. The van der Waals surface area contributed by atoms with Gasteiger partial charge in [-0.05, 0) is 75.9 Å². The highest BCUT2D eigenvalue weighted by molar-refractivity contribution is 6.32. The molecule has 2 aromatic carbocycles. The Bertz CT molecular complexity index is 1950. The van der Waals surface area contributed by atoms with Crippen LogP contribution in [-0.2, 0) is 19.2 Å². The fourth-order valence-electron chi connectivity index (χ4n) is 5.94. The number of benzene rings is 2. The van der Waals surface area contributed by atoms with Gasteiger partial charge in [0.2, 0.25) is 0 Å². The maximum absolute atomic E-state index is 13.5. The molecule has 2 N–H and O–H groups in total. The molecule has 3 heterocycles. The number of carbonyl (C=O) groups is 6. The highest BCUT2D eigenvalue weighted by Gasteiger charge is 2.35. The third-order valence-corrected chi connectivity index (χ3v) is 8.47. The summed E-state index contributed by atoms with van der Waals surface area (Å²) in [6.07, 6.45) is 4.40. The van der Waals surface area contributed by atoms with Gasteiger partial charge in [0.05, 0.1) is 18.5 Å². The van der Waals surface area contributed by atoms with Gasteiger partial charge in [-0.15, -0.1) is 0 Å². The third-order valence-electron chi connectivity index (χ3n) is 8.47. The number of anilines is 2. The van der Waals surface area contributed by atoms with Gasteiger partial charge in [-0.25, -0.2) is 14.6 Å². The molecule has 13 nitrogen and oxygen atoms in total. The van der Waals surface area contributed by atoms with Gasteiger partial charge in [-0.1, -0.05) is 0 Å². The third kappa shape index (κ3) is 5.94. The molecule has 1 aliphatic carbocycles. The van der Waals surface area contributed by atoms with Gasteiger partial charge >= 0.3 is 5.63 Å². The van der Waals surface area contributed by atoms with E-state index in [0.29, 0.717) is 42.4 Å². The van der Waals surface area contributed by atoms with Crippen molar-refractivity contribution in [3.05, 3.63) is 87.3 Å². The van der Waals surface area contributed by atoms with Crippen LogP contribution >= 0.6 is 0 Å². The number of carbonyl (C=O) groups excluding carboxylic acids is 6. The normalized spacial score (nSPS) is 19.6. The molecular formula is C34H30N4O9. The van der Waals surface area contributed by atoms with Crippen molar-refractivity contribution in [2.75, 3.05) is 16.9 Å². The van der Waals surface area contributed by atoms with Crippen LogP contribution in [0.25, 0.3) is 11.0 Å². The molecule has 47 heavy (non-hydrogen) atoms. The number of nitrogens with zero attached hydrogens (tertiary/aromatic N) is 2. The number of hydrogen-bond acceptors (Lipinski definition) is 9. The molecule has 13 heteroatoms. The zero-order valence-corrected chi connectivity index (χ0v) is 25.7. The Kier molecular flexibility index (Phi) is 8.06. The Labute approximate surface area is 267 Å². The van der Waals surface area contributed by atoms with Crippen LogP contribution in [0.4, 0.5) is 11.4 Å². The monoisotopic (exact) mass is 638 g/mol. The van der Waals surface area contributed by atoms with Gasteiger partial charge in [0.25, 0.3) is 35.4 Å². The summed E-state index contributed by atoms with van der Waals surface area (Å²) in [4.78, 5) is 91.5. The molecule has 6 amide bonds. The molecular weight excluding hydrogens is 608 g/mol. The van der Waals surface area contributed by atoms with E-state index >= 15 is 0 Å². The predicted molar refractivity (Wildman–Crippen MR) is 169 cm³/mol. The number of imide groups is 2. The van der Waals surface area contributed by atoms with Gasteiger partial charge in [-0.2, -0.15) is 0 Å². The van der Waals surface area contributed by atoms with E-state index in [1.807, 2.05) is 0 Å². The smallest absolute Gasteiger partial charge is 0.349 e. The van der Waals surface area contributed by atoms with E-state index in [9.17, 15) is 33.6 Å². The van der Waals surface area contributed by atoms with Crippen LogP contribution in [-0.4, -0.2) is 54.6 Å². The molecule has 0 spiro atoms. The van der Waals surface area contributed by atoms with Gasteiger partial charge < -0.3 is 19.8 Å². The minimum atomic E-state index is -0.766. The molecule has 3 aliphatic rings. The second kappa shape index (κ2) is 12.2. The molecule has 240 valence electrons. The number of fused-ring (bicyclic) bond motifs is 1. The summed E-state index contributed by atoms with van der Waals surface area (Å²) in [5.41, 5.74) is -0.0212. The summed E-state index contributed by atoms with van der Waals surface area (Å²) in [6, 6.07) is 9.99. The van der Waals surface area contributed by atoms with E-state index in [1.54, 1.807) is 18.2 Å². The maximum atomic E-state index is 13.5. The summed E-state index contributed by atoms with van der Waals surface area (Å²) in [5.74, 6) is -2.93. The van der Waals surface area contributed by atoms with Crippen LogP contribution in [0.5, 0.6) is 5.75 Å².